The Kier molecular flexibility index (Phi) is 6.16. The maximum atomic E-state index is 3.86. The van der Waals surface area contributed by atoms with Crippen LogP contribution in [-0.4, -0.2) is 12.1 Å². The molecule has 2 saturated carbocycles. The van der Waals surface area contributed by atoms with E-state index in [-0.39, 0.29) is 17.1 Å². The summed E-state index contributed by atoms with van der Waals surface area (Å²) < 4.78 is 0. The van der Waals surface area contributed by atoms with Gasteiger partial charge in [0.1, 0.15) is 0 Å². The molecule has 0 bridgehead atoms. The largest absolute Gasteiger partial charge is 0.311 e. The Hall–Kier alpha value is 0.479. The van der Waals surface area contributed by atoms with E-state index in [4.69, 9.17) is 0 Å². The Morgan fingerprint density at radius 2 is 0.929 bits per heavy atom. The van der Waals surface area contributed by atoms with Gasteiger partial charge in [-0.05, 0) is 25.7 Å². The SMILES string of the molecule is C1CCC(NC2CCCCC2)CC1.[Cu]. The van der Waals surface area contributed by atoms with Gasteiger partial charge in [0, 0.05) is 29.2 Å². The molecule has 14 heavy (non-hydrogen) atoms. The minimum atomic E-state index is 0. The van der Waals surface area contributed by atoms with Crippen LogP contribution in [0.4, 0.5) is 0 Å². The van der Waals surface area contributed by atoms with Gasteiger partial charge in [-0.25, -0.2) is 0 Å². The van der Waals surface area contributed by atoms with E-state index in [1.807, 2.05) is 0 Å². The van der Waals surface area contributed by atoms with Crippen LogP contribution in [0, 0.1) is 0 Å². The topological polar surface area (TPSA) is 12.0 Å². The van der Waals surface area contributed by atoms with Crippen molar-refractivity contribution in [2.45, 2.75) is 76.3 Å². The Balaban J connectivity index is 0.000000980. The summed E-state index contributed by atoms with van der Waals surface area (Å²) in [6.45, 7) is 0. The van der Waals surface area contributed by atoms with Crippen LogP contribution in [0.25, 0.3) is 0 Å². The molecule has 0 amide bonds. The molecule has 87 valence electrons. The molecule has 2 aliphatic rings. The molecule has 0 unspecified atom stereocenters. The van der Waals surface area contributed by atoms with E-state index in [0.29, 0.717) is 0 Å². The fraction of sp³-hybridized carbons (Fsp3) is 1.00. The maximum Gasteiger partial charge on any atom is 0.00696 e. The first-order valence-corrected chi connectivity index (χ1v) is 6.21. The second-order valence-corrected chi connectivity index (χ2v) is 4.84. The molecule has 1 nitrogen and oxygen atoms in total. The normalized spacial score (nSPS) is 25.7. The Bertz CT molecular complexity index is 121. The van der Waals surface area contributed by atoms with Gasteiger partial charge in [0.15, 0.2) is 0 Å². The summed E-state index contributed by atoms with van der Waals surface area (Å²) in [5.74, 6) is 0. The Morgan fingerprint density at radius 3 is 1.29 bits per heavy atom. The van der Waals surface area contributed by atoms with E-state index < -0.39 is 0 Å². The van der Waals surface area contributed by atoms with Crippen molar-refractivity contribution in [1.82, 2.24) is 5.32 Å². The zero-order chi connectivity index (χ0) is 8.93. The van der Waals surface area contributed by atoms with Gasteiger partial charge in [0.2, 0.25) is 0 Å². The van der Waals surface area contributed by atoms with E-state index in [0.717, 1.165) is 12.1 Å². The van der Waals surface area contributed by atoms with Crippen LogP contribution in [0.2, 0.25) is 0 Å². The first-order valence-electron chi connectivity index (χ1n) is 6.21. The molecule has 0 atom stereocenters. The molecule has 2 fully saturated rings. The van der Waals surface area contributed by atoms with Gasteiger partial charge in [-0.1, -0.05) is 38.5 Å². The summed E-state index contributed by atoms with van der Waals surface area (Å²) in [6, 6.07) is 1.74. The molecule has 0 aromatic rings. The van der Waals surface area contributed by atoms with Crippen molar-refractivity contribution in [1.29, 1.82) is 0 Å². The van der Waals surface area contributed by atoms with Crippen LogP contribution in [0.5, 0.6) is 0 Å². The van der Waals surface area contributed by atoms with Crippen LogP contribution < -0.4 is 5.32 Å². The maximum absolute atomic E-state index is 3.86. The van der Waals surface area contributed by atoms with Gasteiger partial charge in [-0.3, -0.25) is 0 Å². The zero-order valence-electron chi connectivity index (χ0n) is 9.03. The van der Waals surface area contributed by atoms with Gasteiger partial charge in [0.05, 0.1) is 0 Å². The van der Waals surface area contributed by atoms with Gasteiger partial charge in [0.25, 0.3) is 0 Å². The number of hydrogen-bond donors (Lipinski definition) is 1. The standard InChI is InChI=1S/C12H23N.Cu/c1-3-7-11(8-4-1)13-12-9-5-2-6-10-12;/h11-13H,1-10H2;. The number of rotatable bonds is 2. The minimum absolute atomic E-state index is 0. The van der Waals surface area contributed by atoms with Gasteiger partial charge in [-0.15, -0.1) is 0 Å². The molecule has 0 aromatic heterocycles. The summed E-state index contributed by atoms with van der Waals surface area (Å²) in [5.41, 5.74) is 0. The van der Waals surface area contributed by atoms with Crippen molar-refractivity contribution in [2.75, 3.05) is 0 Å². The molecule has 1 N–H and O–H groups in total. The zero-order valence-corrected chi connectivity index (χ0v) is 9.97. The summed E-state index contributed by atoms with van der Waals surface area (Å²) >= 11 is 0. The first kappa shape index (κ1) is 12.5. The molecule has 0 spiro atoms. The van der Waals surface area contributed by atoms with Gasteiger partial charge >= 0.3 is 0 Å². The summed E-state index contributed by atoms with van der Waals surface area (Å²) in [6.07, 6.45) is 14.6. The molecule has 1 radical (unpaired) electrons. The molecule has 2 rings (SSSR count). The van der Waals surface area contributed by atoms with Gasteiger partial charge in [-0.2, -0.15) is 0 Å². The fourth-order valence-corrected chi connectivity index (χ4v) is 2.87. The smallest absolute Gasteiger partial charge is 0.00696 e. The molecule has 0 aromatic carbocycles. The van der Waals surface area contributed by atoms with Crippen LogP contribution in [0.3, 0.4) is 0 Å². The second kappa shape index (κ2) is 6.87. The average molecular weight is 245 g/mol. The molecule has 0 heterocycles. The first-order chi connectivity index (χ1) is 6.45. The molecule has 0 aliphatic heterocycles. The van der Waals surface area contributed by atoms with Crippen molar-refractivity contribution in [3.05, 3.63) is 0 Å². The van der Waals surface area contributed by atoms with E-state index in [1.165, 1.54) is 64.2 Å². The van der Waals surface area contributed by atoms with E-state index >= 15 is 0 Å². The third-order valence-electron chi connectivity index (χ3n) is 3.68. The fourth-order valence-electron chi connectivity index (χ4n) is 2.87. The quantitative estimate of drug-likeness (QED) is 0.736. The van der Waals surface area contributed by atoms with Crippen molar-refractivity contribution in [3.8, 4) is 0 Å². The molecular formula is C12H23CuN. The third-order valence-corrected chi connectivity index (χ3v) is 3.68. The van der Waals surface area contributed by atoms with Crippen molar-refractivity contribution in [2.24, 2.45) is 0 Å². The van der Waals surface area contributed by atoms with Crippen molar-refractivity contribution < 1.29 is 17.1 Å². The monoisotopic (exact) mass is 244 g/mol. The molecule has 0 saturated heterocycles. The van der Waals surface area contributed by atoms with E-state index in [2.05, 4.69) is 5.32 Å². The number of hydrogen-bond acceptors (Lipinski definition) is 1. The van der Waals surface area contributed by atoms with Crippen LogP contribution >= 0.6 is 0 Å². The number of nitrogens with one attached hydrogen (secondary N) is 1. The van der Waals surface area contributed by atoms with Crippen molar-refractivity contribution >= 4 is 0 Å². The van der Waals surface area contributed by atoms with Crippen LogP contribution in [-0.2, 0) is 17.1 Å². The average Bonchev–Trinajstić information content (AvgIpc) is 2.21. The van der Waals surface area contributed by atoms with Crippen LogP contribution in [0.15, 0.2) is 0 Å². The van der Waals surface area contributed by atoms with Gasteiger partial charge < -0.3 is 5.32 Å². The summed E-state index contributed by atoms with van der Waals surface area (Å²) in [5, 5.41) is 3.86. The minimum Gasteiger partial charge on any atom is -0.311 e. The molecule has 2 aliphatic carbocycles. The molecular weight excluding hydrogens is 222 g/mol. The molecule has 2 heteroatoms. The van der Waals surface area contributed by atoms with Crippen molar-refractivity contribution in [3.63, 3.8) is 0 Å². The third kappa shape index (κ3) is 3.92. The summed E-state index contributed by atoms with van der Waals surface area (Å²) in [4.78, 5) is 0. The van der Waals surface area contributed by atoms with E-state index in [9.17, 15) is 0 Å². The predicted molar refractivity (Wildman–Crippen MR) is 56.9 cm³/mol. The van der Waals surface area contributed by atoms with E-state index in [1.54, 1.807) is 0 Å². The van der Waals surface area contributed by atoms with Crippen LogP contribution in [0.1, 0.15) is 64.2 Å². The Morgan fingerprint density at radius 1 is 0.571 bits per heavy atom. The Labute approximate surface area is 98.9 Å². The summed E-state index contributed by atoms with van der Waals surface area (Å²) in [7, 11) is 0. The second-order valence-electron chi connectivity index (χ2n) is 4.84. The predicted octanol–water partition coefficient (Wildman–Crippen LogP) is 3.24.